The van der Waals surface area contributed by atoms with Crippen molar-refractivity contribution in [2.75, 3.05) is 13.2 Å². The average Bonchev–Trinajstić information content (AvgIpc) is 2.29. The lowest BCUT2D eigenvalue weighted by molar-refractivity contribution is -0.152. The quantitative estimate of drug-likeness (QED) is 0.649. The first-order valence-electron chi connectivity index (χ1n) is 6.25. The second-order valence-corrected chi connectivity index (χ2v) is 5.16. The van der Waals surface area contributed by atoms with Gasteiger partial charge in [0.15, 0.2) is 0 Å². The van der Waals surface area contributed by atoms with Crippen molar-refractivity contribution in [2.45, 2.75) is 44.7 Å². The van der Waals surface area contributed by atoms with Crippen LogP contribution in [0.3, 0.4) is 0 Å². The second kappa shape index (κ2) is 6.15. The van der Waals surface area contributed by atoms with Crippen LogP contribution in [0.2, 0.25) is 0 Å². The Kier molecular flexibility index (Phi) is 5.10. The van der Waals surface area contributed by atoms with Crippen molar-refractivity contribution in [3.63, 3.8) is 0 Å². The molecule has 0 saturated carbocycles. The lowest BCUT2D eigenvalue weighted by atomic mass is 9.89. The van der Waals surface area contributed by atoms with Gasteiger partial charge in [-0.2, -0.15) is 0 Å². The molecule has 18 heavy (non-hydrogen) atoms. The van der Waals surface area contributed by atoms with Gasteiger partial charge in [-0.25, -0.2) is 4.79 Å². The molecule has 104 valence electrons. The van der Waals surface area contributed by atoms with Crippen molar-refractivity contribution in [2.24, 2.45) is 11.7 Å². The molecule has 1 heterocycles. The van der Waals surface area contributed by atoms with Crippen LogP contribution in [0.5, 0.6) is 0 Å². The highest BCUT2D eigenvalue weighted by Crippen LogP contribution is 2.21. The van der Waals surface area contributed by atoms with Crippen LogP contribution >= 0.6 is 0 Å². The SMILES string of the molecule is CC(C)C(N)CC(=O)NC1(C(=O)O)CCOCC1. The second-order valence-electron chi connectivity index (χ2n) is 5.16. The standard InChI is InChI=1S/C12H22N2O4/c1-8(2)9(13)7-10(15)14-12(11(16)17)3-5-18-6-4-12/h8-9H,3-7,13H2,1-2H3,(H,14,15)(H,16,17). The molecule has 1 aliphatic heterocycles. The van der Waals surface area contributed by atoms with Crippen molar-refractivity contribution >= 4 is 11.9 Å². The predicted octanol–water partition coefficient (Wildman–Crippen LogP) is 0.110. The van der Waals surface area contributed by atoms with Gasteiger partial charge in [0.1, 0.15) is 5.54 Å². The van der Waals surface area contributed by atoms with Crippen LogP contribution < -0.4 is 11.1 Å². The summed E-state index contributed by atoms with van der Waals surface area (Å²) >= 11 is 0. The van der Waals surface area contributed by atoms with E-state index < -0.39 is 11.5 Å². The van der Waals surface area contributed by atoms with Gasteiger partial charge in [0, 0.05) is 38.5 Å². The number of carboxylic acids is 1. The molecule has 1 aliphatic rings. The molecule has 1 fully saturated rings. The number of carbonyl (C=O) groups is 2. The van der Waals surface area contributed by atoms with Gasteiger partial charge in [-0.1, -0.05) is 13.8 Å². The molecule has 0 spiro atoms. The van der Waals surface area contributed by atoms with Gasteiger partial charge in [0.05, 0.1) is 0 Å². The molecule has 0 aliphatic carbocycles. The monoisotopic (exact) mass is 258 g/mol. The first kappa shape index (κ1) is 14.9. The zero-order valence-electron chi connectivity index (χ0n) is 10.9. The Balaban J connectivity index is 2.61. The molecule has 1 unspecified atom stereocenters. The smallest absolute Gasteiger partial charge is 0.329 e. The fourth-order valence-electron chi connectivity index (χ4n) is 1.88. The topological polar surface area (TPSA) is 102 Å². The third kappa shape index (κ3) is 3.68. The van der Waals surface area contributed by atoms with E-state index in [1.54, 1.807) is 0 Å². The van der Waals surface area contributed by atoms with E-state index in [1.165, 1.54) is 0 Å². The molecule has 4 N–H and O–H groups in total. The van der Waals surface area contributed by atoms with Gasteiger partial charge in [0.2, 0.25) is 5.91 Å². The fourth-order valence-corrected chi connectivity index (χ4v) is 1.88. The van der Waals surface area contributed by atoms with Crippen LogP contribution in [0, 0.1) is 5.92 Å². The Morgan fingerprint density at radius 2 is 1.94 bits per heavy atom. The number of rotatable bonds is 5. The highest BCUT2D eigenvalue weighted by Gasteiger charge is 2.41. The number of aliphatic carboxylic acids is 1. The van der Waals surface area contributed by atoms with E-state index in [0.717, 1.165) is 0 Å². The summed E-state index contributed by atoms with van der Waals surface area (Å²) in [6.45, 7) is 4.56. The Morgan fingerprint density at radius 3 is 2.39 bits per heavy atom. The van der Waals surface area contributed by atoms with Crippen LogP contribution in [0.15, 0.2) is 0 Å². The van der Waals surface area contributed by atoms with Crippen molar-refractivity contribution in [1.29, 1.82) is 0 Å². The minimum absolute atomic E-state index is 0.146. The van der Waals surface area contributed by atoms with Gasteiger partial charge in [-0.15, -0.1) is 0 Å². The highest BCUT2D eigenvalue weighted by molar-refractivity contribution is 5.87. The summed E-state index contributed by atoms with van der Waals surface area (Å²) in [5, 5.41) is 11.9. The third-order valence-corrected chi connectivity index (χ3v) is 3.41. The Labute approximate surface area is 107 Å². The molecule has 6 nitrogen and oxygen atoms in total. The summed E-state index contributed by atoms with van der Waals surface area (Å²) < 4.78 is 5.14. The van der Waals surface area contributed by atoms with Gasteiger partial charge < -0.3 is 20.9 Å². The van der Waals surface area contributed by atoms with Gasteiger partial charge in [0.25, 0.3) is 0 Å². The molecule has 0 aromatic carbocycles. The van der Waals surface area contributed by atoms with Crippen molar-refractivity contribution in [1.82, 2.24) is 5.32 Å². The Morgan fingerprint density at radius 1 is 1.39 bits per heavy atom. The first-order chi connectivity index (χ1) is 8.37. The number of hydrogen-bond acceptors (Lipinski definition) is 4. The molecule has 1 amide bonds. The summed E-state index contributed by atoms with van der Waals surface area (Å²) in [4.78, 5) is 23.2. The van der Waals surface area contributed by atoms with E-state index in [-0.39, 0.29) is 24.3 Å². The molecule has 0 bridgehead atoms. The van der Waals surface area contributed by atoms with Gasteiger partial charge >= 0.3 is 5.97 Å². The van der Waals surface area contributed by atoms with E-state index in [4.69, 9.17) is 10.5 Å². The van der Waals surface area contributed by atoms with Crippen LogP contribution in [0.4, 0.5) is 0 Å². The number of ether oxygens (including phenoxy) is 1. The zero-order valence-corrected chi connectivity index (χ0v) is 10.9. The molecule has 1 rings (SSSR count). The number of nitrogens with two attached hydrogens (primary N) is 1. The van der Waals surface area contributed by atoms with Crippen LogP contribution in [-0.2, 0) is 14.3 Å². The maximum atomic E-state index is 11.8. The zero-order chi connectivity index (χ0) is 13.8. The van der Waals surface area contributed by atoms with Crippen molar-refractivity contribution in [3.05, 3.63) is 0 Å². The number of hydrogen-bond donors (Lipinski definition) is 3. The first-order valence-corrected chi connectivity index (χ1v) is 6.25. The largest absolute Gasteiger partial charge is 0.480 e. The molecule has 1 saturated heterocycles. The fraction of sp³-hybridized carbons (Fsp3) is 0.833. The third-order valence-electron chi connectivity index (χ3n) is 3.41. The molecular formula is C12H22N2O4. The maximum absolute atomic E-state index is 11.8. The summed E-state index contributed by atoms with van der Waals surface area (Å²) in [7, 11) is 0. The number of carboxylic acid groups (broad SMARTS) is 1. The number of amides is 1. The van der Waals surface area contributed by atoms with Gasteiger partial charge in [-0.05, 0) is 5.92 Å². The summed E-state index contributed by atoms with van der Waals surface area (Å²) in [6.07, 6.45) is 0.740. The molecule has 0 radical (unpaired) electrons. The normalized spacial score (nSPS) is 20.4. The molecule has 1 atom stereocenters. The summed E-state index contributed by atoms with van der Waals surface area (Å²) in [5.41, 5.74) is 4.62. The molecular weight excluding hydrogens is 236 g/mol. The average molecular weight is 258 g/mol. The lowest BCUT2D eigenvalue weighted by Crippen LogP contribution is -2.58. The van der Waals surface area contributed by atoms with E-state index in [2.05, 4.69) is 5.32 Å². The van der Waals surface area contributed by atoms with Crippen molar-refractivity contribution in [3.8, 4) is 0 Å². The molecule has 0 aromatic rings. The molecule has 6 heteroatoms. The Hall–Kier alpha value is -1.14. The maximum Gasteiger partial charge on any atom is 0.329 e. The van der Waals surface area contributed by atoms with Crippen LogP contribution in [0.25, 0.3) is 0 Å². The number of carbonyl (C=O) groups excluding carboxylic acids is 1. The van der Waals surface area contributed by atoms with E-state index >= 15 is 0 Å². The minimum Gasteiger partial charge on any atom is -0.480 e. The molecule has 0 aromatic heterocycles. The van der Waals surface area contributed by atoms with Gasteiger partial charge in [-0.3, -0.25) is 4.79 Å². The van der Waals surface area contributed by atoms with E-state index in [9.17, 15) is 14.7 Å². The van der Waals surface area contributed by atoms with Crippen LogP contribution in [0.1, 0.15) is 33.1 Å². The van der Waals surface area contributed by atoms with Crippen molar-refractivity contribution < 1.29 is 19.4 Å². The highest BCUT2D eigenvalue weighted by atomic mass is 16.5. The van der Waals surface area contributed by atoms with E-state index in [1.807, 2.05) is 13.8 Å². The van der Waals surface area contributed by atoms with Crippen LogP contribution in [-0.4, -0.2) is 41.8 Å². The predicted molar refractivity (Wildman–Crippen MR) is 66.0 cm³/mol. The Bertz CT molecular complexity index is 311. The lowest BCUT2D eigenvalue weighted by Gasteiger charge is -2.34. The summed E-state index contributed by atoms with van der Waals surface area (Å²) in [6, 6.07) is -0.254. The summed E-state index contributed by atoms with van der Waals surface area (Å²) in [5.74, 6) is -1.12. The number of nitrogens with one attached hydrogen (secondary N) is 1. The van der Waals surface area contributed by atoms with E-state index in [0.29, 0.717) is 26.1 Å². The minimum atomic E-state index is -1.19.